The highest BCUT2D eigenvalue weighted by molar-refractivity contribution is 7.48. The molecule has 1 aromatic rings. The first-order valence-electron chi connectivity index (χ1n) is 5.89. The fourth-order valence-electron chi connectivity index (χ4n) is 1.46. The molecule has 0 spiro atoms. The van der Waals surface area contributed by atoms with E-state index in [-0.39, 0.29) is 19.0 Å². The SMILES string of the molecule is CCOP(=O)(OCC)Oc1cccc(OC)c1OC. The molecular weight excluding hydrogens is 271 g/mol. The Morgan fingerprint density at radius 1 is 1.00 bits per heavy atom. The third-order valence-electron chi connectivity index (χ3n) is 2.15. The van der Waals surface area contributed by atoms with E-state index in [0.717, 1.165) is 0 Å². The molecule has 0 saturated heterocycles. The lowest BCUT2D eigenvalue weighted by atomic mass is 10.3. The number of phosphoric ester groups is 1. The van der Waals surface area contributed by atoms with Gasteiger partial charge < -0.3 is 14.0 Å². The van der Waals surface area contributed by atoms with Crippen LogP contribution in [0.15, 0.2) is 18.2 Å². The maximum absolute atomic E-state index is 12.3. The molecule has 108 valence electrons. The van der Waals surface area contributed by atoms with Crippen LogP contribution < -0.4 is 14.0 Å². The van der Waals surface area contributed by atoms with Crippen LogP contribution in [0, 0.1) is 0 Å². The number of hydrogen-bond donors (Lipinski definition) is 0. The van der Waals surface area contributed by atoms with Crippen LogP contribution in [0.3, 0.4) is 0 Å². The van der Waals surface area contributed by atoms with E-state index in [0.29, 0.717) is 11.5 Å². The fraction of sp³-hybridized carbons (Fsp3) is 0.500. The average molecular weight is 290 g/mol. The van der Waals surface area contributed by atoms with Gasteiger partial charge in [0.15, 0.2) is 11.5 Å². The Hall–Kier alpha value is -1.23. The molecule has 0 aliphatic heterocycles. The van der Waals surface area contributed by atoms with Crippen LogP contribution in [0.2, 0.25) is 0 Å². The highest BCUT2D eigenvalue weighted by Crippen LogP contribution is 2.52. The third-order valence-corrected chi connectivity index (χ3v) is 3.72. The van der Waals surface area contributed by atoms with Crippen molar-refractivity contribution >= 4 is 7.82 Å². The van der Waals surface area contributed by atoms with E-state index in [4.69, 9.17) is 23.0 Å². The molecule has 0 fully saturated rings. The van der Waals surface area contributed by atoms with Crippen LogP contribution in [0.25, 0.3) is 0 Å². The molecule has 0 radical (unpaired) electrons. The molecule has 0 aromatic heterocycles. The Bertz CT molecular complexity index is 438. The van der Waals surface area contributed by atoms with Gasteiger partial charge in [0, 0.05) is 0 Å². The van der Waals surface area contributed by atoms with Gasteiger partial charge in [0.25, 0.3) is 0 Å². The van der Waals surface area contributed by atoms with Gasteiger partial charge in [0.1, 0.15) is 0 Å². The van der Waals surface area contributed by atoms with Crippen LogP contribution in [0.5, 0.6) is 17.2 Å². The first-order chi connectivity index (χ1) is 9.10. The van der Waals surface area contributed by atoms with Crippen LogP contribution in [-0.4, -0.2) is 27.4 Å². The van der Waals surface area contributed by atoms with E-state index < -0.39 is 7.82 Å². The molecule has 0 saturated carbocycles. The Morgan fingerprint density at radius 2 is 1.58 bits per heavy atom. The predicted molar refractivity (Wildman–Crippen MR) is 71.0 cm³/mol. The van der Waals surface area contributed by atoms with Gasteiger partial charge in [-0.3, -0.25) is 9.05 Å². The van der Waals surface area contributed by atoms with E-state index in [2.05, 4.69) is 0 Å². The van der Waals surface area contributed by atoms with Crippen molar-refractivity contribution < 1.29 is 27.6 Å². The second-order valence-electron chi connectivity index (χ2n) is 3.37. The molecule has 0 atom stereocenters. The van der Waals surface area contributed by atoms with Gasteiger partial charge in [0.2, 0.25) is 5.75 Å². The van der Waals surface area contributed by atoms with E-state index >= 15 is 0 Å². The fourth-order valence-corrected chi connectivity index (χ4v) is 2.65. The molecule has 0 unspecified atom stereocenters. The molecular formula is C12H19O6P. The third kappa shape index (κ3) is 4.13. The summed E-state index contributed by atoms with van der Waals surface area (Å²) in [5, 5.41) is 0. The monoisotopic (exact) mass is 290 g/mol. The Balaban J connectivity index is 3.05. The predicted octanol–water partition coefficient (Wildman–Crippen LogP) is 3.26. The van der Waals surface area contributed by atoms with Gasteiger partial charge in [-0.1, -0.05) is 6.07 Å². The number of ether oxygens (including phenoxy) is 2. The number of para-hydroxylation sites is 1. The maximum Gasteiger partial charge on any atom is 0.530 e. The van der Waals surface area contributed by atoms with E-state index in [1.807, 2.05) is 0 Å². The summed E-state index contributed by atoms with van der Waals surface area (Å²) < 4.78 is 38.1. The van der Waals surface area contributed by atoms with Crippen molar-refractivity contribution in [1.82, 2.24) is 0 Å². The molecule has 0 bridgehead atoms. The summed E-state index contributed by atoms with van der Waals surface area (Å²) in [7, 11) is -0.672. The van der Waals surface area contributed by atoms with Gasteiger partial charge in [-0.25, -0.2) is 4.57 Å². The summed E-state index contributed by atoms with van der Waals surface area (Å²) in [5.41, 5.74) is 0. The summed E-state index contributed by atoms with van der Waals surface area (Å²) in [6.45, 7) is 3.84. The summed E-state index contributed by atoms with van der Waals surface area (Å²) in [4.78, 5) is 0. The molecule has 7 heteroatoms. The lowest BCUT2D eigenvalue weighted by Gasteiger charge is -2.19. The summed E-state index contributed by atoms with van der Waals surface area (Å²) >= 11 is 0. The minimum Gasteiger partial charge on any atom is -0.493 e. The summed E-state index contributed by atoms with van der Waals surface area (Å²) in [6, 6.07) is 5.00. The number of benzene rings is 1. The maximum atomic E-state index is 12.3. The molecule has 1 aromatic carbocycles. The quantitative estimate of drug-likeness (QED) is 0.685. The molecule has 0 N–H and O–H groups in total. The normalized spacial score (nSPS) is 11.2. The smallest absolute Gasteiger partial charge is 0.493 e. The van der Waals surface area contributed by atoms with Crippen molar-refractivity contribution in [3.05, 3.63) is 18.2 Å². The highest BCUT2D eigenvalue weighted by Gasteiger charge is 2.29. The van der Waals surface area contributed by atoms with Gasteiger partial charge in [-0.2, -0.15) is 0 Å². The van der Waals surface area contributed by atoms with E-state index in [1.54, 1.807) is 32.0 Å². The Morgan fingerprint density at radius 3 is 2.05 bits per heavy atom. The minimum atomic E-state index is -3.65. The van der Waals surface area contributed by atoms with Crippen molar-refractivity contribution in [3.63, 3.8) is 0 Å². The second kappa shape index (κ2) is 7.38. The average Bonchev–Trinajstić information content (AvgIpc) is 2.38. The Kier molecular flexibility index (Phi) is 6.15. The zero-order chi connectivity index (χ0) is 14.3. The highest BCUT2D eigenvalue weighted by atomic mass is 31.2. The van der Waals surface area contributed by atoms with Crippen LogP contribution in [0.1, 0.15) is 13.8 Å². The minimum absolute atomic E-state index is 0.212. The van der Waals surface area contributed by atoms with Crippen LogP contribution in [0.4, 0.5) is 0 Å². The van der Waals surface area contributed by atoms with Crippen molar-refractivity contribution in [2.45, 2.75) is 13.8 Å². The molecule has 0 amide bonds. The zero-order valence-electron chi connectivity index (χ0n) is 11.5. The van der Waals surface area contributed by atoms with Crippen molar-refractivity contribution in [1.29, 1.82) is 0 Å². The number of phosphoric acid groups is 1. The molecule has 1 rings (SSSR count). The largest absolute Gasteiger partial charge is 0.530 e. The van der Waals surface area contributed by atoms with Crippen molar-refractivity contribution in [2.75, 3.05) is 27.4 Å². The lowest BCUT2D eigenvalue weighted by Crippen LogP contribution is -2.03. The first-order valence-corrected chi connectivity index (χ1v) is 7.36. The second-order valence-corrected chi connectivity index (χ2v) is 4.96. The van der Waals surface area contributed by atoms with Gasteiger partial charge in [-0.05, 0) is 26.0 Å². The lowest BCUT2D eigenvalue weighted by molar-refractivity contribution is 0.165. The van der Waals surface area contributed by atoms with E-state index in [1.165, 1.54) is 14.2 Å². The molecule has 19 heavy (non-hydrogen) atoms. The number of methoxy groups -OCH3 is 2. The summed E-state index contributed by atoms with van der Waals surface area (Å²) in [6.07, 6.45) is 0. The topological polar surface area (TPSA) is 63.2 Å². The van der Waals surface area contributed by atoms with Crippen LogP contribution in [-0.2, 0) is 13.6 Å². The Labute approximate surface area is 113 Å². The summed E-state index contributed by atoms with van der Waals surface area (Å²) in [5.74, 6) is 1.05. The van der Waals surface area contributed by atoms with Gasteiger partial charge in [0.05, 0.1) is 27.4 Å². The van der Waals surface area contributed by atoms with Crippen LogP contribution >= 0.6 is 7.82 Å². The number of rotatable bonds is 8. The zero-order valence-corrected chi connectivity index (χ0v) is 12.4. The van der Waals surface area contributed by atoms with E-state index in [9.17, 15) is 4.57 Å². The van der Waals surface area contributed by atoms with Crippen molar-refractivity contribution in [2.24, 2.45) is 0 Å². The van der Waals surface area contributed by atoms with Gasteiger partial charge >= 0.3 is 7.82 Å². The van der Waals surface area contributed by atoms with Gasteiger partial charge in [-0.15, -0.1) is 0 Å². The first kappa shape index (κ1) is 15.8. The number of hydrogen-bond acceptors (Lipinski definition) is 6. The standard InChI is InChI=1S/C12H19O6P/c1-5-16-19(13,17-6-2)18-11-9-7-8-10(14-3)12(11)15-4/h7-9H,5-6H2,1-4H3. The molecule has 0 aliphatic carbocycles. The molecule has 6 nitrogen and oxygen atoms in total. The molecule has 0 aliphatic rings. The van der Waals surface area contributed by atoms with Crippen molar-refractivity contribution in [3.8, 4) is 17.2 Å². The molecule has 0 heterocycles.